The number of nitrogens with zero attached hydrogens (tertiary/aromatic N) is 1. The molecule has 0 radical (unpaired) electrons. The van der Waals surface area contributed by atoms with Gasteiger partial charge in [0.2, 0.25) is 12.7 Å². The first kappa shape index (κ1) is 27.1. The van der Waals surface area contributed by atoms with Crippen LogP contribution in [-0.2, 0) is 29.1 Å². The monoisotopic (exact) mass is 556 g/mol. The second-order valence-electron chi connectivity index (χ2n) is 9.36. The highest BCUT2D eigenvalue weighted by Crippen LogP contribution is 2.32. The number of benzene rings is 4. The van der Waals surface area contributed by atoms with Crippen molar-refractivity contribution in [3.63, 3.8) is 0 Å². The Balaban J connectivity index is 1.39. The molecule has 0 aliphatic carbocycles. The SMILES string of the molecule is O=C(NCc1ccc2c(c1)OCO2)[C@@H](Cc1ccccc1)N(Cc1ccc(Cl)cc1)C(=O)COc1ccccc1. The number of carbonyl (C=O) groups is 2. The third-order valence-corrected chi connectivity index (χ3v) is 6.80. The van der Waals surface area contributed by atoms with Gasteiger partial charge in [0.25, 0.3) is 5.91 Å². The van der Waals surface area contributed by atoms with Gasteiger partial charge in [-0.3, -0.25) is 9.59 Å². The number of halogens is 1. The van der Waals surface area contributed by atoms with Crippen LogP contribution in [0.3, 0.4) is 0 Å². The maximum absolute atomic E-state index is 13.8. The molecule has 0 bridgehead atoms. The van der Waals surface area contributed by atoms with Crippen molar-refractivity contribution in [2.75, 3.05) is 13.4 Å². The normalized spacial score (nSPS) is 12.4. The highest BCUT2D eigenvalue weighted by molar-refractivity contribution is 6.30. The molecule has 4 aromatic carbocycles. The van der Waals surface area contributed by atoms with Crippen LogP contribution in [-0.4, -0.2) is 36.2 Å². The Morgan fingerprint density at radius 3 is 2.25 bits per heavy atom. The summed E-state index contributed by atoms with van der Waals surface area (Å²) in [7, 11) is 0. The first-order valence-electron chi connectivity index (χ1n) is 13.0. The van der Waals surface area contributed by atoms with E-state index in [-0.39, 0.29) is 38.3 Å². The minimum Gasteiger partial charge on any atom is -0.484 e. The van der Waals surface area contributed by atoms with Crippen molar-refractivity contribution in [2.24, 2.45) is 0 Å². The van der Waals surface area contributed by atoms with Crippen LogP contribution in [0.2, 0.25) is 5.02 Å². The van der Waals surface area contributed by atoms with E-state index in [2.05, 4.69) is 5.32 Å². The maximum atomic E-state index is 13.8. The van der Waals surface area contributed by atoms with Gasteiger partial charge in [0, 0.05) is 24.5 Å². The summed E-state index contributed by atoms with van der Waals surface area (Å²) in [4.78, 5) is 29.1. The molecule has 0 saturated heterocycles. The lowest BCUT2D eigenvalue weighted by Gasteiger charge is -2.31. The van der Waals surface area contributed by atoms with Gasteiger partial charge in [0.15, 0.2) is 18.1 Å². The molecule has 204 valence electrons. The number of amides is 2. The minimum atomic E-state index is -0.793. The first-order chi connectivity index (χ1) is 19.5. The standard InChI is InChI=1S/C32H29ClN2O5/c33-26-14-11-24(12-15-26)20-35(31(36)21-38-27-9-5-2-6-10-27)28(17-23-7-3-1-4-8-23)32(37)34-19-25-13-16-29-30(18-25)40-22-39-29/h1-16,18,28H,17,19-22H2,(H,34,37)/t28-/m1/s1. The summed E-state index contributed by atoms with van der Waals surface area (Å²) in [5.41, 5.74) is 2.64. The Morgan fingerprint density at radius 1 is 0.825 bits per heavy atom. The van der Waals surface area contributed by atoms with Crippen LogP contribution in [0.4, 0.5) is 0 Å². The summed E-state index contributed by atoms with van der Waals surface area (Å²) in [6, 6.07) is 30.8. The predicted octanol–water partition coefficient (Wildman–Crippen LogP) is 5.40. The molecule has 7 nitrogen and oxygen atoms in total. The summed E-state index contributed by atoms with van der Waals surface area (Å²) < 4.78 is 16.6. The van der Waals surface area contributed by atoms with Crippen molar-refractivity contribution in [1.82, 2.24) is 10.2 Å². The minimum absolute atomic E-state index is 0.178. The molecule has 5 rings (SSSR count). The Bertz CT molecular complexity index is 1430. The molecule has 0 aromatic heterocycles. The van der Waals surface area contributed by atoms with E-state index >= 15 is 0 Å². The van der Waals surface area contributed by atoms with Gasteiger partial charge in [-0.1, -0.05) is 78.3 Å². The molecule has 0 saturated carbocycles. The quantitative estimate of drug-likeness (QED) is 0.267. The van der Waals surface area contributed by atoms with Crippen LogP contribution in [0, 0.1) is 0 Å². The average Bonchev–Trinajstić information content (AvgIpc) is 3.46. The van der Waals surface area contributed by atoms with Crippen LogP contribution < -0.4 is 19.5 Å². The molecule has 0 fully saturated rings. The van der Waals surface area contributed by atoms with Gasteiger partial charge in [0.05, 0.1) is 0 Å². The molecule has 0 unspecified atom stereocenters. The van der Waals surface area contributed by atoms with Crippen LogP contribution in [0.15, 0.2) is 103 Å². The lowest BCUT2D eigenvalue weighted by Crippen LogP contribution is -2.51. The molecule has 2 amide bonds. The van der Waals surface area contributed by atoms with Crippen LogP contribution >= 0.6 is 11.6 Å². The van der Waals surface area contributed by atoms with Crippen LogP contribution in [0.1, 0.15) is 16.7 Å². The number of fused-ring (bicyclic) bond motifs is 1. The number of hydrogen-bond acceptors (Lipinski definition) is 5. The third kappa shape index (κ3) is 7.12. The molecule has 8 heteroatoms. The predicted molar refractivity (Wildman–Crippen MR) is 152 cm³/mol. The number of carbonyl (C=O) groups excluding carboxylic acids is 2. The fourth-order valence-electron chi connectivity index (χ4n) is 4.44. The number of hydrogen-bond donors (Lipinski definition) is 1. The molecule has 4 aromatic rings. The van der Waals surface area contributed by atoms with Gasteiger partial charge in [-0.05, 0) is 53.1 Å². The summed E-state index contributed by atoms with van der Waals surface area (Å²) in [5, 5.41) is 3.62. The largest absolute Gasteiger partial charge is 0.484 e. The van der Waals surface area contributed by atoms with Crippen molar-refractivity contribution in [3.8, 4) is 17.2 Å². The van der Waals surface area contributed by atoms with Crippen LogP contribution in [0.25, 0.3) is 0 Å². The van der Waals surface area contributed by atoms with E-state index < -0.39 is 6.04 Å². The topological polar surface area (TPSA) is 77.1 Å². The van der Waals surface area contributed by atoms with E-state index in [1.807, 2.05) is 78.9 Å². The van der Waals surface area contributed by atoms with Gasteiger partial charge in [-0.25, -0.2) is 0 Å². The zero-order valence-corrected chi connectivity index (χ0v) is 22.6. The molecular weight excluding hydrogens is 528 g/mol. The van der Waals surface area contributed by atoms with E-state index in [1.165, 1.54) is 0 Å². The lowest BCUT2D eigenvalue weighted by molar-refractivity contribution is -0.142. The van der Waals surface area contributed by atoms with E-state index in [4.69, 9.17) is 25.8 Å². The Morgan fingerprint density at radius 2 is 1.50 bits per heavy atom. The fraction of sp³-hybridized carbons (Fsp3) is 0.188. The average molecular weight is 557 g/mol. The summed E-state index contributed by atoms with van der Waals surface area (Å²) >= 11 is 6.10. The zero-order chi connectivity index (χ0) is 27.7. The highest BCUT2D eigenvalue weighted by Gasteiger charge is 2.31. The van der Waals surface area contributed by atoms with Gasteiger partial charge in [-0.15, -0.1) is 0 Å². The van der Waals surface area contributed by atoms with Crippen LogP contribution in [0.5, 0.6) is 17.2 Å². The molecule has 1 aliphatic heterocycles. The van der Waals surface area contributed by atoms with Crippen molar-refractivity contribution >= 4 is 23.4 Å². The maximum Gasteiger partial charge on any atom is 0.261 e. The molecule has 1 heterocycles. The molecule has 1 aliphatic rings. The molecular formula is C32H29ClN2O5. The fourth-order valence-corrected chi connectivity index (χ4v) is 4.57. The lowest BCUT2D eigenvalue weighted by atomic mass is 10.0. The highest BCUT2D eigenvalue weighted by atomic mass is 35.5. The van der Waals surface area contributed by atoms with Crippen molar-refractivity contribution in [2.45, 2.75) is 25.6 Å². The van der Waals surface area contributed by atoms with Gasteiger partial charge in [-0.2, -0.15) is 0 Å². The van der Waals surface area contributed by atoms with Gasteiger partial charge in [0.1, 0.15) is 11.8 Å². The van der Waals surface area contributed by atoms with E-state index in [0.717, 1.165) is 16.7 Å². The second kappa shape index (κ2) is 13.0. The Kier molecular flexibility index (Phi) is 8.83. The smallest absolute Gasteiger partial charge is 0.261 e. The van der Waals surface area contributed by atoms with Crippen molar-refractivity contribution in [3.05, 3.63) is 125 Å². The summed E-state index contributed by atoms with van der Waals surface area (Å²) in [6.07, 6.45) is 0.332. The van der Waals surface area contributed by atoms with Gasteiger partial charge >= 0.3 is 0 Å². The molecule has 1 atom stereocenters. The van der Waals surface area contributed by atoms with E-state index in [0.29, 0.717) is 28.7 Å². The molecule has 1 N–H and O–H groups in total. The molecule has 0 spiro atoms. The first-order valence-corrected chi connectivity index (χ1v) is 13.3. The zero-order valence-electron chi connectivity index (χ0n) is 21.8. The Hall–Kier alpha value is -4.49. The number of para-hydroxylation sites is 1. The number of ether oxygens (including phenoxy) is 3. The second-order valence-corrected chi connectivity index (χ2v) is 9.80. The van der Waals surface area contributed by atoms with Gasteiger partial charge < -0.3 is 24.4 Å². The van der Waals surface area contributed by atoms with E-state index in [9.17, 15) is 9.59 Å². The van der Waals surface area contributed by atoms with Crippen molar-refractivity contribution < 1.29 is 23.8 Å². The summed E-state index contributed by atoms with van der Waals surface area (Å²) in [5.74, 6) is 1.32. The number of rotatable bonds is 11. The number of nitrogens with one attached hydrogen (secondary N) is 1. The van der Waals surface area contributed by atoms with E-state index in [1.54, 1.807) is 29.2 Å². The third-order valence-electron chi connectivity index (χ3n) is 6.55. The molecule has 40 heavy (non-hydrogen) atoms. The Labute approximate surface area is 238 Å². The van der Waals surface area contributed by atoms with Crippen molar-refractivity contribution in [1.29, 1.82) is 0 Å². The summed E-state index contributed by atoms with van der Waals surface area (Å²) in [6.45, 7) is 0.447.